The van der Waals surface area contributed by atoms with Gasteiger partial charge in [-0.15, -0.1) is 0 Å². The Morgan fingerprint density at radius 3 is 1.03 bits per heavy atom. The second kappa shape index (κ2) is 15.2. The van der Waals surface area contributed by atoms with Gasteiger partial charge < -0.3 is 9.13 Å². The molecule has 0 spiro atoms. The fraction of sp³-hybridized carbons (Fsp3) is 0. The Hall–Kier alpha value is -9.26. The molecule has 2 aliphatic heterocycles. The summed E-state index contributed by atoms with van der Waals surface area (Å²) in [7, 11) is 0. The number of benzene rings is 8. The molecule has 0 aliphatic carbocycles. The second-order valence-corrected chi connectivity index (χ2v) is 17.3. The summed E-state index contributed by atoms with van der Waals surface area (Å²) in [6.07, 6.45) is 0. The molecule has 8 aromatic carbocycles. The van der Waals surface area contributed by atoms with Crippen LogP contribution in [-0.4, -0.2) is 19.1 Å². The van der Waals surface area contributed by atoms with Crippen molar-refractivity contribution in [2.24, 2.45) is 0 Å². The number of fused-ring (bicyclic) bond motifs is 14. The van der Waals surface area contributed by atoms with Crippen LogP contribution in [0.25, 0.3) is 89.3 Å². The predicted molar refractivity (Wildman–Crippen MR) is 279 cm³/mol. The van der Waals surface area contributed by atoms with Gasteiger partial charge in [-0.1, -0.05) is 158 Å². The molecule has 0 radical (unpaired) electrons. The molecular formula is C62H40N6. The Morgan fingerprint density at radius 1 is 0.265 bits per heavy atom. The molecule has 0 fully saturated rings. The van der Waals surface area contributed by atoms with Crippen molar-refractivity contribution in [2.45, 2.75) is 0 Å². The van der Waals surface area contributed by atoms with E-state index in [2.05, 4.69) is 262 Å². The lowest BCUT2D eigenvalue weighted by Crippen LogP contribution is -2.14. The van der Waals surface area contributed by atoms with E-state index in [4.69, 9.17) is 9.97 Å². The van der Waals surface area contributed by atoms with E-state index in [-0.39, 0.29) is 0 Å². The molecule has 0 amide bonds. The Morgan fingerprint density at radius 2 is 0.603 bits per heavy atom. The third kappa shape index (κ3) is 5.64. The van der Waals surface area contributed by atoms with Crippen LogP contribution in [0.15, 0.2) is 243 Å². The molecule has 68 heavy (non-hydrogen) atoms. The van der Waals surface area contributed by atoms with Crippen LogP contribution in [0, 0.1) is 0 Å². The Kier molecular flexibility index (Phi) is 8.48. The maximum atomic E-state index is 5.53. The first-order chi connectivity index (χ1) is 33.8. The first-order valence-corrected chi connectivity index (χ1v) is 23.1. The lowest BCUT2D eigenvalue weighted by molar-refractivity contribution is 1.13. The van der Waals surface area contributed by atoms with Crippen molar-refractivity contribution in [3.8, 4) is 67.5 Å². The van der Waals surface area contributed by atoms with E-state index >= 15 is 0 Å². The SMILES string of the molecule is c1ccc(-n2c3c(c4ccccc42)-c2ccccc2N(c2cccc(-c4cccc(N5c6ccccc6-c6c(n(-c7ccccc7)c7ccccc67)-c6ccccc65)n4)n2)c2ccccc2-3)cc1. The third-order valence-corrected chi connectivity index (χ3v) is 13.6. The zero-order valence-corrected chi connectivity index (χ0v) is 36.8. The summed E-state index contributed by atoms with van der Waals surface area (Å²) < 4.78 is 4.84. The standard InChI is InChI=1S/C62H40N6/c1-3-21-41(22-4-1)65-51-33-13-7-25-43(51)59-45-27-9-15-35-53(45)67(55-37-17-11-29-47(55)61(59)65)57-39-19-31-49(63-57)50-32-20-40-58(64-50)68-54-36-16-10-28-46(54)60-44-26-8-14-34-52(44)66(42-23-5-2-6-24-42)62(60)48-30-12-18-38-56(48)68/h1-40H. The molecule has 0 N–H and O–H groups in total. The predicted octanol–water partition coefficient (Wildman–Crippen LogP) is 16.3. The molecule has 0 atom stereocenters. The van der Waals surface area contributed by atoms with E-state index in [1.54, 1.807) is 0 Å². The molecule has 0 unspecified atom stereocenters. The van der Waals surface area contributed by atoms with E-state index in [1.807, 2.05) is 0 Å². The highest BCUT2D eigenvalue weighted by Gasteiger charge is 2.34. The maximum absolute atomic E-state index is 5.53. The van der Waals surface area contributed by atoms with E-state index < -0.39 is 0 Å². The highest BCUT2D eigenvalue weighted by molar-refractivity contribution is 6.14. The van der Waals surface area contributed by atoms with Crippen molar-refractivity contribution in [1.29, 1.82) is 0 Å². The van der Waals surface area contributed by atoms with E-state index in [0.717, 1.165) is 90.8 Å². The third-order valence-electron chi connectivity index (χ3n) is 13.6. The summed E-state index contributed by atoms with van der Waals surface area (Å²) in [5.74, 6) is 1.61. The summed E-state index contributed by atoms with van der Waals surface area (Å²) in [4.78, 5) is 15.7. The largest absolute Gasteiger partial charge is 0.309 e. The van der Waals surface area contributed by atoms with Crippen LogP contribution in [0.2, 0.25) is 0 Å². The molecule has 4 aromatic heterocycles. The van der Waals surface area contributed by atoms with Crippen LogP contribution in [0.1, 0.15) is 0 Å². The van der Waals surface area contributed by atoms with Crippen molar-refractivity contribution in [1.82, 2.24) is 19.1 Å². The number of nitrogens with zero attached hydrogens (tertiary/aromatic N) is 6. The maximum Gasteiger partial charge on any atom is 0.138 e. The Balaban J connectivity index is 0.942. The minimum absolute atomic E-state index is 0.779. The summed E-state index contributed by atoms with van der Waals surface area (Å²) in [5.41, 5.74) is 19.6. The van der Waals surface area contributed by atoms with Crippen LogP contribution >= 0.6 is 0 Å². The smallest absolute Gasteiger partial charge is 0.138 e. The minimum Gasteiger partial charge on any atom is -0.309 e. The molecule has 6 heterocycles. The number of para-hydroxylation sites is 8. The van der Waals surface area contributed by atoms with Gasteiger partial charge >= 0.3 is 0 Å². The topological polar surface area (TPSA) is 42.1 Å². The fourth-order valence-electron chi connectivity index (χ4n) is 10.9. The second-order valence-electron chi connectivity index (χ2n) is 17.3. The molecule has 2 aliphatic rings. The Labute approximate surface area is 393 Å². The fourth-order valence-corrected chi connectivity index (χ4v) is 10.9. The first-order valence-electron chi connectivity index (χ1n) is 23.1. The van der Waals surface area contributed by atoms with Gasteiger partial charge in [0.1, 0.15) is 11.6 Å². The molecule has 6 nitrogen and oxygen atoms in total. The zero-order chi connectivity index (χ0) is 44.7. The van der Waals surface area contributed by atoms with Gasteiger partial charge in [-0.25, -0.2) is 9.97 Å². The van der Waals surface area contributed by atoms with Gasteiger partial charge in [0, 0.05) is 55.5 Å². The van der Waals surface area contributed by atoms with Gasteiger partial charge in [-0.2, -0.15) is 0 Å². The first kappa shape index (κ1) is 38.1. The van der Waals surface area contributed by atoms with Crippen molar-refractivity contribution in [2.75, 3.05) is 9.80 Å². The number of rotatable bonds is 5. The summed E-state index contributed by atoms with van der Waals surface area (Å²) in [5, 5.41) is 2.40. The van der Waals surface area contributed by atoms with E-state index in [9.17, 15) is 0 Å². The van der Waals surface area contributed by atoms with Crippen molar-refractivity contribution in [3.63, 3.8) is 0 Å². The highest BCUT2D eigenvalue weighted by Crippen LogP contribution is 2.56. The van der Waals surface area contributed by atoms with Crippen molar-refractivity contribution in [3.05, 3.63) is 243 Å². The average molecular weight is 869 g/mol. The molecule has 12 aromatic rings. The number of hydrogen-bond donors (Lipinski definition) is 0. The van der Waals surface area contributed by atoms with Crippen molar-refractivity contribution < 1.29 is 0 Å². The molecule has 6 heteroatoms. The monoisotopic (exact) mass is 868 g/mol. The van der Waals surface area contributed by atoms with Gasteiger partial charge in [0.2, 0.25) is 0 Å². The number of hydrogen-bond acceptors (Lipinski definition) is 4. The zero-order valence-electron chi connectivity index (χ0n) is 36.8. The minimum atomic E-state index is 0.779. The summed E-state index contributed by atoms with van der Waals surface area (Å²) in [6.45, 7) is 0. The molecule has 0 saturated heterocycles. The number of anilines is 6. The Bertz CT molecular complexity index is 3680. The van der Waals surface area contributed by atoms with Gasteiger partial charge in [0.15, 0.2) is 0 Å². The number of pyridine rings is 2. The summed E-state index contributed by atoms with van der Waals surface area (Å²) in [6, 6.07) is 86.5. The van der Waals surface area contributed by atoms with Crippen LogP contribution in [0.5, 0.6) is 0 Å². The van der Waals surface area contributed by atoms with Crippen LogP contribution in [-0.2, 0) is 0 Å². The molecular weight excluding hydrogens is 829 g/mol. The van der Waals surface area contributed by atoms with Gasteiger partial charge in [0.05, 0.1) is 56.6 Å². The van der Waals surface area contributed by atoms with Gasteiger partial charge in [0.25, 0.3) is 0 Å². The number of aromatic nitrogens is 4. The molecule has 14 rings (SSSR count). The van der Waals surface area contributed by atoms with Gasteiger partial charge in [-0.05, 0) is 84.9 Å². The van der Waals surface area contributed by atoms with Crippen LogP contribution < -0.4 is 9.80 Å². The van der Waals surface area contributed by atoms with Crippen LogP contribution in [0.4, 0.5) is 34.4 Å². The van der Waals surface area contributed by atoms with Crippen LogP contribution in [0.3, 0.4) is 0 Å². The molecule has 318 valence electrons. The molecule has 0 bridgehead atoms. The van der Waals surface area contributed by atoms with E-state index in [0.29, 0.717) is 0 Å². The van der Waals surface area contributed by atoms with Crippen molar-refractivity contribution >= 4 is 56.2 Å². The average Bonchev–Trinajstić information content (AvgIpc) is 3.85. The normalized spacial score (nSPS) is 12.4. The lowest BCUT2D eigenvalue weighted by Gasteiger charge is -2.27. The van der Waals surface area contributed by atoms with E-state index in [1.165, 1.54) is 32.9 Å². The van der Waals surface area contributed by atoms with Gasteiger partial charge in [-0.3, -0.25) is 9.80 Å². The lowest BCUT2D eigenvalue weighted by atomic mass is 9.98. The summed E-state index contributed by atoms with van der Waals surface area (Å²) >= 11 is 0. The molecule has 0 saturated carbocycles. The highest BCUT2D eigenvalue weighted by atomic mass is 15.2. The quantitative estimate of drug-likeness (QED) is 0.173.